The second kappa shape index (κ2) is 6.09. The summed E-state index contributed by atoms with van der Waals surface area (Å²) < 4.78 is 5.07. The van der Waals surface area contributed by atoms with Crippen LogP contribution < -0.4 is 11.1 Å². The van der Waals surface area contributed by atoms with Gasteiger partial charge in [0.05, 0.1) is 0 Å². The predicted octanol–water partition coefficient (Wildman–Crippen LogP) is 1.75. The van der Waals surface area contributed by atoms with Crippen molar-refractivity contribution in [2.45, 2.75) is 46.6 Å². The van der Waals surface area contributed by atoms with E-state index in [4.69, 9.17) is 10.5 Å². The molecule has 4 heteroatoms. The molecule has 0 aromatic carbocycles. The fraction of sp³-hybridized carbons (Fsp3) is 0.917. The Kier molecular flexibility index (Phi) is 5.79. The minimum Gasteiger partial charge on any atom is -0.385 e. The monoisotopic (exact) mass is 229 g/mol. The molecule has 0 saturated heterocycles. The summed E-state index contributed by atoms with van der Waals surface area (Å²) in [6.45, 7) is 12.0. The fourth-order valence-corrected chi connectivity index (χ4v) is 1.18. The SMILES string of the molecule is COCCC(C)(C)CN=C(N)NC(C)(C)C. The Morgan fingerprint density at radius 1 is 1.25 bits per heavy atom. The largest absolute Gasteiger partial charge is 0.385 e. The van der Waals surface area contributed by atoms with Crippen molar-refractivity contribution in [3.05, 3.63) is 0 Å². The molecular formula is C12H27N3O. The number of hydrogen-bond donors (Lipinski definition) is 2. The molecule has 0 saturated carbocycles. The van der Waals surface area contributed by atoms with Crippen LogP contribution in [0.1, 0.15) is 41.0 Å². The van der Waals surface area contributed by atoms with E-state index in [-0.39, 0.29) is 11.0 Å². The molecule has 0 rings (SSSR count). The van der Waals surface area contributed by atoms with Crippen LogP contribution in [0.3, 0.4) is 0 Å². The molecule has 0 aromatic rings. The molecule has 0 radical (unpaired) electrons. The van der Waals surface area contributed by atoms with Gasteiger partial charge in [0, 0.05) is 25.8 Å². The zero-order valence-corrected chi connectivity index (χ0v) is 11.6. The van der Waals surface area contributed by atoms with Crippen molar-refractivity contribution in [1.82, 2.24) is 5.32 Å². The number of rotatable bonds is 5. The first-order chi connectivity index (χ1) is 7.16. The van der Waals surface area contributed by atoms with Crippen LogP contribution in [-0.4, -0.2) is 31.8 Å². The Morgan fingerprint density at radius 3 is 2.25 bits per heavy atom. The third-order valence-corrected chi connectivity index (χ3v) is 2.16. The molecule has 0 aliphatic heterocycles. The van der Waals surface area contributed by atoms with Crippen LogP contribution in [-0.2, 0) is 4.74 Å². The van der Waals surface area contributed by atoms with Crippen molar-refractivity contribution >= 4 is 5.96 Å². The summed E-state index contributed by atoms with van der Waals surface area (Å²) in [5, 5.41) is 3.14. The van der Waals surface area contributed by atoms with Gasteiger partial charge in [0.2, 0.25) is 0 Å². The Morgan fingerprint density at radius 2 is 1.81 bits per heavy atom. The molecule has 0 heterocycles. The topological polar surface area (TPSA) is 59.6 Å². The smallest absolute Gasteiger partial charge is 0.189 e. The summed E-state index contributed by atoms with van der Waals surface area (Å²) in [5.41, 5.74) is 5.89. The first-order valence-electron chi connectivity index (χ1n) is 5.73. The third-order valence-electron chi connectivity index (χ3n) is 2.16. The number of nitrogens with two attached hydrogens (primary N) is 1. The highest BCUT2D eigenvalue weighted by molar-refractivity contribution is 5.78. The molecule has 3 N–H and O–H groups in total. The normalized spacial score (nSPS) is 14.0. The highest BCUT2D eigenvalue weighted by atomic mass is 16.5. The molecule has 0 aliphatic rings. The lowest BCUT2D eigenvalue weighted by Crippen LogP contribution is -2.45. The van der Waals surface area contributed by atoms with Gasteiger partial charge in [-0.25, -0.2) is 0 Å². The maximum Gasteiger partial charge on any atom is 0.189 e. The molecule has 16 heavy (non-hydrogen) atoms. The number of guanidine groups is 1. The van der Waals surface area contributed by atoms with Crippen LogP contribution in [0.15, 0.2) is 4.99 Å². The maximum atomic E-state index is 5.80. The first-order valence-corrected chi connectivity index (χ1v) is 5.73. The van der Waals surface area contributed by atoms with Gasteiger partial charge in [0.15, 0.2) is 5.96 Å². The molecule has 0 unspecified atom stereocenters. The quantitative estimate of drug-likeness (QED) is 0.558. The van der Waals surface area contributed by atoms with Gasteiger partial charge in [0.1, 0.15) is 0 Å². The summed E-state index contributed by atoms with van der Waals surface area (Å²) in [6.07, 6.45) is 0.982. The zero-order valence-electron chi connectivity index (χ0n) is 11.6. The fourth-order valence-electron chi connectivity index (χ4n) is 1.18. The van der Waals surface area contributed by atoms with Crippen LogP contribution in [0, 0.1) is 5.41 Å². The minimum absolute atomic E-state index is 0.0374. The Bertz CT molecular complexity index is 229. The molecule has 0 bridgehead atoms. The molecule has 96 valence electrons. The van der Waals surface area contributed by atoms with Gasteiger partial charge in [0.25, 0.3) is 0 Å². The lowest BCUT2D eigenvalue weighted by atomic mass is 9.90. The summed E-state index contributed by atoms with van der Waals surface area (Å²) in [7, 11) is 1.72. The van der Waals surface area contributed by atoms with Gasteiger partial charge in [-0.05, 0) is 32.6 Å². The van der Waals surface area contributed by atoms with Crippen molar-refractivity contribution < 1.29 is 4.74 Å². The summed E-state index contributed by atoms with van der Waals surface area (Å²) in [4.78, 5) is 4.36. The van der Waals surface area contributed by atoms with Crippen LogP contribution in [0.2, 0.25) is 0 Å². The first kappa shape index (κ1) is 15.2. The molecule has 0 fully saturated rings. The van der Waals surface area contributed by atoms with Gasteiger partial charge in [-0.15, -0.1) is 0 Å². The van der Waals surface area contributed by atoms with Crippen LogP contribution in [0.4, 0.5) is 0 Å². The van der Waals surface area contributed by atoms with Crippen LogP contribution >= 0.6 is 0 Å². The number of aliphatic imine (C=N–C) groups is 1. The van der Waals surface area contributed by atoms with E-state index in [1.165, 1.54) is 0 Å². The van der Waals surface area contributed by atoms with Crippen molar-refractivity contribution in [3.8, 4) is 0 Å². The van der Waals surface area contributed by atoms with E-state index in [9.17, 15) is 0 Å². The summed E-state index contributed by atoms with van der Waals surface area (Å²) in [6, 6.07) is 0. The molecule has 0 aromatic heterocycles. The minimum atomic E-state index is -0.0374. The number of hydrogen-bond acceptors (Lipinski definition) is 2. The predicted molar refractivity (Wildman–Crippen MR) is 69.7 cm³/mol. The Balaban J connectivity index is 4.14. The van der Waals surface area contributed by atoms with E-state index in [0.717, 1.165) is 13.0 Å². The van der Waals surface area contributed by atoms with Gasteiger partial charge < -0.3 is 15.8 Å². The van der Waals surface area contributed by atoms with Gasteiger partial charge >= 0.3 is 0 Å². The number of methoxy groups -OCH3 is 1. The van der Waals surface area contributed by atoms with Crippen LogP contribution in [0.5, 0.6) is 0 Å². The molecule has 0 aliphatic carbocycles. The van der Waals surface area contributed by atoms with Gasteiger partial charge in [-0.1, -0.05) is 13.8 Å². The lowest BCUT2D eigenvalue weighted by molar-refractivity contribution is 0.155. The van der Waals surface area contributed by atoms with E-state index in [1.54, 1.807) is 7.11 Å². The summed E-state index contributed by atoms with van der Waals surface area (Å²) >= 11 is 0. The number of nitrogens with one attached hydrogen (secondary N) is 1. The number of ether oxygens (including phenoxy) is 1. The molecule has 0 spiro atoms. The van der Waals surface area contributed by atoms with Gasteiger partial charge in [-0.2, -0.15) is 0 Å². The standard InChI is InChI=1S/C12H27N3O/c1-11(2,3)15-10(13)14-9-12(4,5)7-8-16-6/h7-9H2,1-6H3,(H3,13,14,15). The molecule has 4 nitrogen and oxygen atoms in total. The Hall–Kier alpha value is -0.770. The highest BCUT2D eigenvalue weighted by Gasteiger charge is 2.17. The van der Waals surface area contributed by atoms with E-state index in [2.05, 4.69) is 44.9 Å². The molecule has 0 amide bonds. The average molecular weight is 229 g/mol. The second-order valence-electron chi connectivity index (χ2n) is 5.98. The van der Waals surface area contributed by atoms with Crippen LogP contribution in [0.25, 0.3) is 0 Å². The maximum absolute atomic E-state index is 5.80. The van der Waals surface area contributed by atoms with Gasteiger partial charge in [-0.3, -0.25) is 4.99 Å². The van der Waals surface area contributed by atoms with E-state index in [1.807, 2.05) is 0 Å². The lowest BCUT2D eigenvalue weighted by Gasteiger charge is -2.24. The van der Waals surface area contributed by atoms with E-state index >= 15 is 0 Å². The van der Waals surface area contributed by atoms with Crippen molar-refractivity contribution in [2.24, 2.45) is 16.1 Å². The highest BCUT2D eigenvalue weighted by Crippen LogP contribution is 2.20. The zero-order chi connectivity index (χ0) is 12.8. The average Bonchev–Trinajstić information content (AvgIpc) is 2.09. The second-order valence-corrected chi connectivity index (χ2v) is 5.98. The summed E-state index contributed by atoms with van der Waals surface area (Å²) in [5.74, 6) is 0.512. The van der Waals surface area contributed by atoms with E-state index in [0.29, 0.717) is 12.5 Å². The Labute approximate surface area is 99.7 Å². The van der Waals surface area contributed by atoms with Crippen molar-refractivity contribution in [3.63, 3.8) is 0 Å². The molecule has 0 atom stereocenters. The van der Waals surface area contributed by atoms with E-state index < -0.39 is 0 Å². The van der Waals surface area contributed by atoms with Crippen molar-refractivity contribution in [2.75, 3.05) is 20.3 Å². The van der Waals surface area contributed by atoms with Crippen molar-refractivity contribution in [1.29, 1.82) is 0 Å². The third kappa shape index (κ3) is 8.53. The molecular weight excluding hydrogens is 202 g/mol. The number of nitrogens with zero attached hydrogens (tertiary/aromatic N) is 1.